The number of rotatable bonds is 5. The van der Waals surface area contributed by atoms with Gasteiger partial charge in [-0.25, -0.2) is 4.98 Å². The van der Waals surface area contributed by atoms with Crippen molar-refractivity contribution in [3.05, 3.63) is 36.7 Å². The third-order valence-electron chi connectivity index (χ3n) is 3.55. The largest absolute Gasteiger partial charge is 0.378 e. The summed E-state index contributed by atoms with van der Waals surface area (Å²) >= 11 is 1.59. The molecule has 122 valence electrons. The van der Waals surface area contributed by atoms with E-state index in [4.69, 9.17) is 4.74 Å². The molecule has 0 bridgehead atoms. The van der Waals surface area contributed by atoms with Crippen LogP contribution in [-0.4, -0.2) is 41.3 Å². The quantitative estimate of drug-likeness (QED) is 0.875. The van der Waals surface area contributed by atoms with Gasteiger partial charge in [0.25, 0.3) is 0 Å². The first kappa shape index (κ1) is 16.0. The molecule has 1 fully saturated rings. The first-order valence-corrected chi connectivity index (χ1v) is 8.38. The van der Waals surface area contributed by atoms with Crippen molar-refractivity contribution >= 4 is 23.4 Å². The molecule has 1 unspecified atom stereocenters. The van der Waals surface area contributed by atoms with E-state index < -0.39 is 0 Å². The Bertz CT molecular complexity index is 650. The Morgan fingerprint density at radius 3 is 2.96 bits per heavy atom. The lowest BCUT2D eigenvalue weighted by Gasteiger charge is -2.23. The van der Waals surface area contributed by atoms with Gasteiger partial charge in [0.05, 0.1) is 13.2 Å². The minimum atomic E-state index is -0.00231. The van der Waals surface area contributed by atoms with Crippen LogP contribution in [0.1, 0.15) is 6.42 Å². The third-order valence-corrected chi connectivity index (χ3v) is 4.64. The van der Waals surface area contributed by atoms with Crippen LogP contribution in [0.2, 0.25) is 0 Å². The van der Waals surface area contributed by atoms with Crippen LogP contribution in [0.15, 0.2) is 46.7 Å². The van der Waals surface area contributed by atoms with Crippen molar-refractivity contribution in [2.75, 3.05) is 25.1 Å². The maximum atomic E-state index is 12.0. The summed E-state index contributed by atoms with van der Waals surface area (Å²) in [5, 5.41) is 7.13. The van der Waals surface area contributed by atoms with Crippen LogP contribution < -0.4 is 10.6 Å². The topological polar surface area (TPSA) is 68.2 Å². The number of morpholine rings is 1. The molecular weight excluding hydrogens is 312 g/mol. The molecule has 1 aromatic heterocycles. The Kier molecular flexibility index (Phi) is 5.32. The van der Waals surface area contributed by atoms with E-state index in [1.165, 1.54) is 0 Å². The van der Waals surface area contributed by atoms with Crippen LogP contribution in [0, 0.1) is 0 Å². The van der Waals surface area contributed by atoms with Crippen LogP contribution in [0.25, 0.3) is 0 Å². The normalized spacial score (nSPS) is 17.9. The zero-order valence-electron chi connectivity index (χ0n) is 13.0. The summed E-state index contributed by atoms with van der Waals surface area (Å²) in [6.07, 6.45) is 4.11. The number of imidazole rings is 1. The number of amides is 1. The van der Waals surface area contributed by atoms with Crippen LogP contribution in [0.4, 0.5) is 5.69 Å². The number of aromatic nitrogens is 2. The van der Waals surface area contributed by atoms with Crippen molar-refractivity contribution in [1.82, 2.24) is 14.9 Å². The molecule has 1 saturated heterocycles. The Balaban J connectivity index is 1.52. The molecule has 1 atom stereocenters. The highest BCUT2D eigenvalue weighted by Gasteiger charge is 2.16. The SMILES string of the molecule is Cn1ccnc1Sc1ccc(NC(=O)CC2COCCN2)cc1. The van der Waals surface area contributed by atoms with Gasteiger partial charge in [-0.2, -0.15) is 0 Å². The first-order valence-electron chi connectivity index (χ1n) is 7.57. The lowest BCUT2D eigenvalue weighted by Crippen LogP contribution is -2.43. The molecule has 2 aromatic rings. The minimum Gasteiger partial charge on any atom is -0.378 e. The zero-order valence-corrected chi connectivity index (χ0v) is 13.8. The van der Waals surface area contributed by atoms with Crippen LogP contribution in [0.3, 0.4) is 0 Å². The van der Waals surface area contributed by atoms with E-state index >= 15 is 0 Å². The van der Waals surface area contributed by atoms with Gasteiger partial charge >= 0.3 is 0 Å². The van der Waals surface area contributed by atoms with Crippen LogP contribution >= 0.6 is 11.8 Å². The molecule has 3 rings (SSSR count). The van der Waals surface area contributed by atoms with Gasteiger partial charge in [0.2, 0.25) is 5.91 Å². The fraction of sp³-hybridized carbons (Fsp3) is 0.375. The van der Waals surface area contributed by atoms with Gasteiger partial charge in [-0.1, -0.05) is 11.8 Å². The number of ether oxygens (including phenoxy) is 1. The Morgan fingerprint density at radius 2 is 2.30 bits per heavy atom. The second kappa shape index (κ2) is 7.63. The molecule has 0 radical (unpaired) electrons. The molecule has 7 heteroatoms. The van der Waals surface area contributed by atoms with E-state index in [0.717, 1.165) is 22.3 Å². The number of aryl methyl sites for hydroxylation is 1. The van der Waals surface area contributed by atoms with Gasteiger partial charge < -0.3 is 19.9 Å². The fourth-order valence-corrected chi connectivity index (χ4v) is 3.15. The first-order chi connectivity index (χ1) is 11.2. The predicted molar refractivity (Wildman–Crippen MR) is 89.6 cm³/mol. The Morgan fingerprint density at radius 1 is 1.48 bits per heavy atom. The molecule has 1 aliphatic rings. The Labute approximate surface area is 139 Å². The second-order valence-corrected chi connectivity index (χ2v) is 6.47. The van der Waals surface area contributed by atoms with Crippen molar-refractivity contribution in [3.8, 4) is 0 Å². The number of carbonyl (C=O) groups is 1. The number of benzene rings is 1. The number of anilines is 1. The summed E-state index contributed by atoms with van der Waals surface area (Å²) < 4.78 is 7.33. The van der Waals surface area contributed by atoms with Gasteiger partial charge in [-0.05, 0) is 24.3 Å². The summed E-state index contributed by atoms with van der Waals surface area (Å²) in [6, 6.07) is 7.89. The van der Waals surface area contributed by atoms with Gasteiger partial charge in [-0.15, -0.1) is 0 Å². The van der Waals surface area contributed by atoms with E-state index in [0.29, 0.717) is 19.6 Å². The fourth-order valence-electron chi connectivity index (χ4n) is 2.35. The molecule has 6 nitrogen and oxygen atoms in total. The van der Waals surface area contributed by atoms with Crippen LogP contribution in [-0.2, 0) is 16.6 Å². The molecule has 0 saturated carbocycles. The molecule has 0 spiro atoms. The van der Waals surface area contributed by atoms with Crippen molar-refractivity contribution in [2.45, 2.75) is 22.5 Å². The van der Waals surface area contributed by atoms with E-state index in [2.05, 4.69) is 15.6 Å². The third kappa shape index (κ3) is 4.57. The van der Waals surface area contributed by atoms with E-state index in [9.17, 15) is 4.79 Å². The summed E-state index contributed by atoms with van der Waals surface area (Å²) in [5.74, 6) is -0.00231. The number of carbonyl (C=O) groups excluding carboxylic acids is 1. The summed E-state index contributed by atoms with van der Waals surface area (Å²) in [5.41, 5.74) is 0.802. The van der Waals surface area contributed by atoms with Crippen molar-refractivity contribution in [2.24, 2.45) is 7.05 Å². The highest BCUT2D eigenvalue weighted by Crippen LogP contribution is 2.26. The molecule has 23 heavy (non-hydrogen) atoms. The number of hydrogen-bond donors (Lipinski definition) is 2. The van der Waals surface area contributed by atoms with Gasteiger partial charge in [-0.3, -0.25) is 4.79 Å². The molecule has 1 aromatic carbocycles. The van der Waals surface area contributed by atoms with E-state index in [1.54, 1.807) is 18.0 Å². The summed E-state index contributed by atoms with van der Waals surface area (Å²) in [6.45, 7) is 2.11. The maximum absolute atomic E-state index is 12.0. The highest BCUT2D eigenvalue weighted by atomic mass is 32.2. The number of nitrogens with zero attached hydrogens (tertiary/aromatic N) is 2. The molecule has 0 aliphatic carbocycles. The van der Waals surface area contributed by atoms with Gasteiger partial charge in [0.1, 0.15) is 0 Å². The average molecular weight is 332 g/mol. The predicted octanol–water partition coefficient (Wildman–Crippen LogP) is 1.89. The van der Waals surface area contributed by atoms with Crippen LogP contribution in [0.5, 0.6) is 0 Å². The lowest BCUT2D eigenvalue weighted by molar-refractivity contribution is -0.117. The van der Waals surface area contributed by atoms with Crippen molar-refractivity contribution in [3.63, 3.8) is 0 Å². The summed E-state index contributed by atoms with van der Waals surface area (Å²) in [4.78, 5) is 17.4. The van der Waals surface area contributed by atoms with Crippen molar-refractivity contribution in [1.29, 1.82) is 0 Å². The van der Waals surface area contributed by atoms with Gasteiger partial charge in [0, 0.05) is 49.0 Å². The van der Waals surface area contributed by atoms with E-state index in [-0.39, 0.29) is 11.9 Å². The minimum absolute atomic E-state index is 0.00231. The smallest absolute Gasteiger partial charge is 0.226 e. The Hall–Kier alpha value is -1.83. The standard InChI is InChI=1S/C16H20N4O2S/c1-20-8-6-18-16(20)23-14-4-2-12(3-5-14)19-15(21)10-13-11-22-9-7-17-13/h2-6,8,13,17H,7,9-11H2,1H3,(H,19,21). The monoisotopic (exact) mass is 332 g/mol. The second-order valence-electron chi connectivity index (χ2n) is 5.43. The molecular formula is C16H20N4O2S. The number of hydrogen-bond acceptors (Lipinski definition) is 5. The van der Waals surface area contributed by atoms with Crippen molar-refractivity contribution < 1.29 is 9.53 Å². The lowest BCUT2D eigenvalue weighted by atomic mass is 10.2. The average Bonchev–Trinajstić information content (AvgIpc) is 2.95. The molecule has 2 heterocycles. The van der Waals surface area contributed by atoms with Gasteiger partial charge in [0.15, 0.2) is 5.16 Å². The molecule has 1 amide bonds. The summed E-state index contributed by atoms with van der Waals surface area (Å²) in [7, 11) is 1.97. The molecule has 2 N–H and O–H groups in total. The van der Waals surface area contributed by atoms with E-state index in [1.807, 2.05) is 42.1 Å². The molecule has 1 aliphatic heterocycles. The highest BCUT2D eigenvalue weighted by molar-refractivity contribution is 7.99. The maximum Gasteiger partial charge on any atom is 0.226 e. The zero-order chi connectivity index (χ0) is 16.1. The number of nitrogens with one attached hydrogen (secondary N) is 2.